The number of aliphatic hydroxyl groups is 1. The Hall–Kier alpha value is -2.14. The van der Waals surface area contributed by atoms with Crippen LogP contribution in [-0.4, -0.2) is 36.4 Å². The fourth-order valence-electron chi connectivity index (χ4n) is 5.96. The largest absolute Gasteiger partial charge is 0.462 e. The lowest BCUT2D eigenvalue weighted by Crippen LogP contribution is -2.28. The number of carbonyl (C=O) groups is 2. The Morgan fingerprint density at radius 1 is 0.480 bits per heavy atom. The van der Waals surface area contributed by atoms with Gasteiger partial charge in [-0.1, -0.05) is 191 Å². The predicted molar refractivity (Wildman–Crippen MR) is 214 cm³/mol. The average Bonchev–Trinajstić information content (AvgIpc) is 3.12. The quantitative estimate of drug-likeness (QED) is 0.0394. The number of esters is 2. The van der Waals surface area contributed by atoms with Crippen LogP contribution in [0, 0.1) is 0 Å². The normalized spacial score (nSPS) is 12.6. The molecule has 290 valence electrons. The molecule has 0 amide bonds. The first-order valence-corrected chi connectivity index (χ1v) is 21.2. The van der Waals surface area contributed by atoms with Gasteiger partial charge in [-0.3, -0.25) is 9.59 Å². The minimum atomic E-state index is -0.777. The van der Waals surface area contributed by atoms with Crippen LogP contribution in [-0.2, 0) is 19.1 Å². The van der Waals surface area contributed by atoms with Crippen LogP contribution in [0.1, 0.15) is 206 Å². The van der Waals surface area contributed by atoms with Gasteiger partial charge in [-0.05, 0) is 51.4 Å². The lowest BCUT2D eigenvalue weighted by Gasteiger charge is -2.15. The number of rotatable bonds is 38. The van der Waals surface area contributed by atoms with Gasteiger partial charge in [0.2, 0.25) is 0 Å². The molecule has 0 spiro atoms. The number of hydrogen-bond acceptors (Lipinski definition) is 5. The molecule has 5 nitrogen and oxygen atoms in total. The van der Waals surface area contributed by atoms with Crippen LogP contribution in [0.15, 0.2) is 48.6 Å². The van der Waals surface area contributed by atoms with Gasteiger partial charge < -0.3 is 14.6 Å². The second-order valence-electron chi connectivity index (χ2n) is 14.0. The summed E-state index contributed by atoms with van der Waals surface area (Å²) in [6.45, 7) is 4.03. The highest BCUT2D eigenvalue weighted by molar-refractivity contribution is 5.70. The molecule has 1 N–H and O–H groups in total. The van der Waals surface area contributed by atoms with Gasteiger partial charge in [-0.2, -0.15) is 0 Å². The lowest BCUT2D eigenvalue weighted by atomic mass is 10.0. The second kappa shape index (κ2) is 41.3. The van der Waals surface area contributed by atoms with Crippen molar-refractivity contribution in [1.29, 1.82) is 0 Å². The van der Waals surface area contributed by atoms with Gasteiger partial charge >= 0.3 is 11.9 Å². The molecular weight excluding hydrogens is 620 g/mol. The fourth-order valence-corrected chi connectivity index (χ4v) is 5.96. The van der Waals surface area contributed by atoms with Gasteiger partial charge in [0, 0.05) is 12.8 Å². The van der Waals surface area contributed by atoms with Crippen LogP contribution < -0.4 is 0 Å². The third-order valence-corrected chi connectivity index (χ3v) is 9.14. The van der Waals surface area contributed by atoms with E-state index in [1.165, 1.54) is 109 Å². The highest BCUT2D eigenvalue weighted by Gasteiger charge is 2.16. The first kappa shape index (κ1) is 47.9. The zero-order valence-corrected chi connectivity index (χ0v) is 32.9. The van der Waals surface area contributed by atoms with Crippen molar-refractivity contribution in [2.75, 3.05) is 13.2 Å². The minimum absolute atomic E-state index is 0.0701. The molecule has 5 heteroatoms. The van der Waals surface area contributed by atoms with Crippen molar-refractivity contribution in [3.8, 4) is 0 Å². The fraction of sp³-hybridized carbons (Fsp3) is 0.778. The van der Waals surface area contributed by atoms with Crippen molar-refractivity contribution < 1.29 is 24.2 Å². The number of carbonyl (C=O) groups excluding carboxylic acids is 2. The van der Waals surface area contributed by atoms with Crippen molar-refractivity contribution in [3.63, 3.8) is 0 Å². The van der Waals surface area contributed by atoms with E-state index >= 15 is 0 Å². The lowest BCUT2D eigenvalue weighted by molar-refractivity contribution is -0.161. The highest BCUT2D eigenvalue weighted by Crippen LogP contribution is 2.15. The Kier molecular flexibility index (Phi) is 39.5. The molecule has 0 saturated heterocycles. The molecule has 1 unspecified atom stereocenters. The van der Waals surface area contributed by atoms with Gasteiger partial charge in [-0.15, -0.1) is 0 Å². The van der Waals surface area contributed by atoms with Gasteiger partial charge in [0.25, 0.3) is 0 Å². The minimum Gasteiger partial charge on any atom is -0.462 e. The summed E-state index contributed by atoms with van der Waals surface area (Å²) in [5.74, 6) is -0.602. The number of unbranched alkanes of at least 4 members (excludes halogenated alkanes) is 22. The zero-order valence-electron chi connectivity index (χ0n) is 32.9. The molecule has 0 aromatic rings. The Morgan fingerprint density at radius 3 is 1.30 bits per heavy atom. The summed E-state index contributed by atoms with van der Waals surface area (Å²) in [5.41, 5.74) is 0. The maximum Gasteiger partial charge on any atom is 0.306 e. The average molecular weight is 701 g/mol. The molecule has 0 saturated carbocycles. The number of ether oxygens (including phenoxy) is 2. The molecule has 0 bridgehead atoms. The summed E-state index contributed by atoms with van der Waals surface area (Å²) in [5, 5.41) is 9.57. The summed E-state index contributed by atoms with van der Waals surface area (Å²) < 4.78 is 10.6. The smallest absolute Gasteiger partial charge is 0.306 e. The first-order valence-electron chi connectivity index (χ1n) is 21.2. The third kappa shape index (κ3) is 38.7. The summed E-state index contributed by atoms with van der Waals surface area (Å²) in [4.78, 5) is 24.3. The van der Waals surface area contributed by atoms with E-state index in [4.69, 9.17) is 9.47 Å². The molecule has 0 radical (unpaired) electrons. The molecule has 1 atom stereocenters. The van der Waals surface area contributed by atoms with E-state index in [1.807, 2.05) is 0 Å². The van der Waals surface area contributed by atoms with Crippen molar-refractivity contribution >= 4 is 11.9 Å². The SMILES string of the molecule is CC/C=C\C/C=C\C/C=C\C/C=C\CCCCCCCCC(=O)OC(CO)COC(=O)CCCCCCCCCCCCCCCCCCC. The zero-order chi connectivity index (χ0) is 36.4. The van der Waals surface area contributed by atoms with Crippen LogP contribution in [0.3, 0.4) is 0 Å². The van der Waals surface area contributed by atoms with Crippen molar-refractivity contribution in [2.45, 2.75) is 213 Å². The summed E-state index contributed by atoms with van der Waals surface area (Å²) >= 11 is 0. The molecular formula is C45H80O5. The second-order valence-corrected chi connectivity index (χ2v) is 14.0. The van der Waals surface area contributed by atoms with Gasteiger partial charge in [0.15, 0.2) is 6.10 Å². The van der Waals surface area contributed by atoms with Crippen LogP contribution in [0.2, 0.25) is 0 Å². The maximum atomic E-state index is 12.2. The highest BCUT2D eigenvalue weighted by atomic mass is 16.6. The van der Waals surface area contributed by atoms with Crippen LogP contribution in [0.4, 0.5) is 0 Å². The summed E-state index contributed by atoms with van der Waals surface area (Å²) in [7, 11) is 0. The number of aliphatic hydroxyl groups excluding tert-OH is 1. The van der Waals surface area contributed by atoms with Crippen LogP contribution >= 0.6 is 0 Å². The van der Waals surface area contributed by atoms with Crippen molar-refractivity contribution in [1.82, 2.24) is 0 Å². The van der Waals surface area contributed by atoms with E-state index in [9.17, 15) is 14.7 Å². The molecule has 0 rings (SSSR count). The van der Waals surface area contributed by atoms with Crippen LogP contribution in [0.25, 0.3) is 0 Å². The van der Waals surface area contributed by atoms with Crippen molar-refractivity contribution in [2.24, 2.45) is 0 Å². The predicted octanol–water partition coefficient (Wildman–Crippen LogP) is 13.4. The van der Waals surface area contributed by atoms with Gasteiger partial charge in [0.1, 0.15) is 6.61 Å². The van der Waals surface area contributed by atoms with E-state index in [0.717, 1.165) is 70.6 Å². The van der Waals surface area contributed by atoms with Gasteiger partial charge in [-0.25, -0.2) is 0 Å². The van der Waals surface area contributed by atoms with E-state index in [2.05, 4.69) is 62.5 Å². The summed E-state index contributed by atoms with van der Waals surface area (Å²) in [6, 6.07) is 0. The Morgan fingerprint density at radius 2 is 0.860 bits per heavy atom. The molecule has 0 aromatic heterocycles. The molecule has 0 heterocycles. The molecule has 0 aromatic carbocycles. The topological polar surface area (TPSA) is 72.8 Å². The third-order valence-electron chi connectivity index (χ3n) is 9.14. The molecule has 50 heavy (non-hydrogen) atoms. The Balaban J connectivity index is 3.56. The molecule has 0 aliphatic heterocycles. The van der Waals surface area contributed by atoms with E-state index in [0.29, 0.717) is 12.8 Å². The standard InChI is InChI=1S/C45H80O5/c1-3-5-7-9-11-13-15-17-19-21-22-24-26-28-30-32-34-36-38-40-45(48)50-43(41-46)42-49-44(47)39-37-35-33-31-29-27-25-23-20-18-16-14-12-10-8-6-4-2/h5,7,11,13,17,19,22,24,43,46H,3-4,6,8-10,12,14-16,18,20-21,23,25-42H2,1-2H3/b7-5-,13-11-,19-17-,24-22-. The number of hydrogen-bond donors (Lipinski definition) is 1. The number of allylic oxidation sites excluding steroid dienone is 8. The van der Waals surface area contributed by atoms with E-state index < -0.39 is 6.10 Å². The van der Waals surface area contributed by atoms with E-state index in [-0.39, 0.29) is 25.2 Å². The molecule has 0 aliphatic carbocycles. The Bertz CT molecular complexity index is 842. The van der Waals surface area contributed by atoms with Gasteiger partial charge in [0.05, 0.1) is 6.61 Å². The maximum absolute atomic E-state index is 12.2. The van der Waals surface area contributed by atoms with Crippen molar-refractivity contribution in [3.05, 3.63) is 48.6 Å². The van der Waals surface area contributed by atoms with E-state index in [1.54, 1.807) is 0 Å². The monoisotopic (exact) mass is 701 g/mol. The molecule has 0 aliphatic rings. The first-order chi connectivity index (χ1) is 24.6. The summed E-state index contributed by atoms with van der Waals surface area (Å²) in [6.07, 6.45) is 51.7. The molecule has 0 fully saturated rings. The van der Waals surface area contributed by atoms with Crippen LogP contribution in [0.5, 0.6) is 0 Å². The Labute approximate surface area is 309 Å².